The first kappa shape index (κ1) is 17.8. The Hall–Kier alpha value is -1.62. The van der Waals surface area contributed by atoms with Gasteiger partial charge in [-0.3, -0.25) is 4.98 Å². The van der Waals surface area contributed by atoms with Gasteiger partial charge in [0.2, 0.25) is 0 Å². The molecule has 0 saturated carbocycles. The van der Waals surface area contributed by atoms with Crippen LogP contribution in [0, 0.1) is 9.52 Å². The zero-order valence-corrected chi connectivity index (χ0v) is 17.2. The molecule has 1 saturated heterocycles. The zero-order chi connectivity index (χ0) is 18.3. The molecule has 0 bridgehead atoms. The van der Waals surface area contributed by atoms with Gasteiger partial charge in [-0.1, -0.05) is 17.1 Å². The van der Waals surface area contributed by atoms with Gasteiger partial charge in [0, 0.05) is 30.2 Å². The fourth-order valence-corrected chi connectivity index (χ4v) is 5.79. The third kappa shape index (κ3) is 3.11. The number of hydrogen-bond acceptors (Lipinski definition) is 5. The molecule has 2 N–H and O–H groups in total. The third-order valence-electron chi connectivity index (χ3n) is 4.48. The predicted molar refractivity (Wildman–Crippen MR) is 112 cm³/mol. The highest BCUT2D eigenvalue weighted by molar-refractivity contribution is 14.1. The van der Waals surface area contributed by atoms with E-state index in [0.717, 1.165) is 15.2 Å². The summed E-state index contributed by atoms with van der Waals surface area (Å²) >= 11 is 2.16. The van der Waals surface area contributed by atoms with E-state index in [1.54, 1.807) is 6.20 Å². The van der Waals surface area contributed by atoms with Crippen molar-refractivity contribution < 1.29 is 4.39 Å². The highest BCUT2D eigenvalue weighted by Gasteiger charge is 2.22. The number of aryl methyl sites for hydroxylation is 1. The van der Waals surface area contributed by atoms with E-state index in [2.05, 4.69) is 37.5 Å². The van der Waals surface area contributed by atoms with Crippen LogP contribution < -0.4 is 5.73 Å². The molecular formula is C17H18FIN6S. The van der Waals surface area contributed by atoms with Gasteiger partial charge >= 0.3 is 0 Å². The molecule has 0 atom stereocenters. The lowest BCUT2D eigenvalue weighted by molar-refractivity contribution is 0.626. The molecule has 1 aliphatic rings. The molecule has 3 aromatic rings. The lowest BCUT2D eigenvalue weighted by Crippen LogP contribution is -2.08. The maximum Gasteiger partial charge on any atom is 0.151 e. The number of aromatic nitrogens is 4. The van der Waals surface area contributed by atoms with Gasteiger partial charge in [-0.15, -0.1) is 0 Å². The van der Waals surface area contributed by atoms with E-state index >= 15 is 0 Å². The van der Waals surface area contributed by atoms with Crippen molar-refractivity contribution in [3.05, 3.63) is 28.1 Å². The van der Waals surface area contributed by atoms with Gasteiger partial charge < -0.3 is 10.3 Å². The Labute approximate surface area is 166 Å². The van der Waals surface area contributed by atoms with E-state index in [4.69, 9.17) is 10.1 Å². The second-order valence-corrected chi connectivity index (χ2v) is 9.17. The number of rotatable bonds is 2. The summed E-state index contributed by atoms with van der Waals surface area (Å²) in [5, 5.41) is 0.629. The molecule has 3 aromatic heterocycles. The highest BCUT2D eigenvalue weighted by atomic mass is 127. The number of hydrogen-bond donors (Lipinski definition) is 1. The maximum atomic E-state index is 14.9. The van der Waals surface area contributed by atoms with E-state index < -0.39 is 5.82 Å². The number of nitrogens with two attached hydrogens (primary N) is 1. The van der Waals surface area contributed by atoms with E-state index in [9.17, 15) is 4.39 Å². The smallest absolute Gasteiger partial charge is 0.151 e. The number of nitrogens with zero attached hydrogens (tertiary/aromatic N) is 5. The summed E-state index contributed by atoms with van der Waals surface area (Å²) < 4.78 is 22.3. The van der Waals surface area contributed by atoms with Crippen LogP contribution in [0.5, 0.6) is 0 Å². The number of anilines is 1. The van der Waals surface area contributed by atoms with Crippen LogP contribution in [0.4, 0.5) is 15.9 Å². The third-order valence-corrected chi connectivity index (χ3v) is 7.73. The summed E-state index contributed by atoms with van der Waals surface area (Å²) in [6, 6.07) is 1.47. The number of fused-ring (bicyclic) bond motifs is 1. The lowest BCUT2D eigenvalue weighted by atomic mass is 10.1. The van der Waals surface area contributed by atoms with Crippen molar-refractivity contribution in [1.29, 1.82) is 0 Å². The monoisotopic (exact) mass is 484 g/mol. The van der Waals surface area contributed by atoms with Crippen LogP contribution in [-0.2, 0) is 17.7 Å². The standard InChI is InChI=1S/C17H18FIN6S/c1-25-15(19)12(13-16(20)22-9-23-17(13)25)14-11(18)7-10(8-21-14)24-26-5-3-2-4-6-26/h7-9H,2-6H2,1H3,(H2,20,22,23). The minimum atomic E-state index is -0.402. The first-order chi connectivity index (χ1) is 12.6. The molecular weight excluding hydrogens is 466 g/mol. The summed E-state index contributed by atoms with van der Waals surface area (Å²) in [5.74, 6) is 2.11. The van der Waals surface area contributed by atoms with Gasteiger partial charge in [0.25, 0.3) is 0 Å². The summed E-state index contributed by atoms with van der Waals surface area (Å²) in [6.07, 6.45) is 6.74. The summed E-state index contributed by atoms with van der Waals surface area (Å²) in [4.78, 5) is 12.7. The normalized spacial score (nSPS) is 15.5. The van der Waals surface area contributed by atoms with Crippen LogP contribution in [0.25, 0.3) is 22.3 Å². The van der Waals surface area contributed by atoms with Crippen LogP contribution in [0.3, 0.4) is 0 Å². The molecule has 0 aromatic carbocycles. The largest absolute Gasteiger partial charge is 0.383 e. The molecule has 26 heavy (non-hydrogen) atoms. The average molecular weight is 484 g/mol. The predicted octanol–water partition coefficient (Wildman–Crippen LogP) is 3.97. The Bertz CT molecular complexity index is 1020. The van der Waals surface area contributed by atoms with E-state index in [1.807, 2.05) is 11.6 Å². The van der Waals surface area contributed by atoms with Crippen LogP contribution in [0.15, 0.2) is 23.0 Å². The molecule has 0 aliphatic carbocycles. The summed E-state index contributed by atoms with van der Waals surface area (Å²) in [5.41, 5.74) is 8.20. The molecule has 136 valence electrons. The Morgan fingerprint density at radius 3 is 2.73 bits per heavy atom. The van der Waals surface area contributed by atoms with Crippen LogP contribution in [-0.4, -0.2) is 31.0 Å². The topological polar surface area (TPSA) is 82.0 Å². The van der Waals surface area contributed by atoms with Crippen molar-refractivity contribution in [2.45, 2.75) is 19.3 Å². The first-order valence-electron chi connectivity index (χ1n) is 8.36. The molecule has 0 amide bonds. The van der Waals surface area contributed by atoms with Crippen molar-refractivity contribution >= 4 is 55.8 Å². The second kappa shape index (κ2) is 7.18. The molecule has 4 heterocycles. The Kier molecular flexibility index (Phi) is 4.91. The summed E-state index contributed by atoms with van der Waals surface area (Å²) in [7, 11) is 1.86. The van der Waals surface area contributed by atoms with Crippen molar-refractivity contribution in [3.8, 4) is 11.3 Å². The summed E-state index contributed by atoms with van der Waals surface area (Å²) in [6.45, 7) is 0. The minimum absolute atomic E-state index is 0.00847. The Balaban J connectivity index is 1.82. The van der Waals surface area contributed by atoms with Gasteiger partial charge in [-0.25, -0.2) is 18.7 Å². The molecule has 0 unspecified atom stereocenters. The molecule has 4 rings (SSSR count). The molecule has 0 radical (unpaired) electrons. The van der Waals surface area contributed by atoms with Crippen LogP contribution in [0.1, 0.15) is 19.3 Å². The zero-order valence-electron chi connectivity index (χ0n) is 14.2. The molecule has 0 spiro atoms. The van der Waals surface area contributed by atoms with E-state index in [-0.39, 0.29) is 16.4 Å². The van der Waals surface area contributed by atoms with Crippen LogP contribution >= 0.6 is 22.6 Å². The average Bonchev–Trinajstić information content (AvgIpc) is 2.89. The van der Waals surface area contributed by atoms with Gasteiger partial charge in [0.1, 0.15) is 23.5 Å². The van der Waals surface area contributed by atoms with Crippen molar-refractivity contribution in [2.24, 2.45) is 11.4 Å². The van der Waals surface area contributed by atoms with Crippen molar-refractivity contribution in [2.75, 3.05) is 17.2 Å². The molecule has 6 nitrogen and oxygen atoms in total. The van der Waals surface area contributed by atoms with E-state index in [0.29, 0.717) is 28.1 Å². The van der Waals surface area contributed by atoms with Crippen LogP contribution in [0.2, 0.25) is 0 Å². The number of pyridine rings is 1. The minimum Gasteiger partial charge on any atom is -0.383 e. The molecule has 1 aliphatic heterocycles. The number of halogens is 2. The van der Waals surface area contributed by atoms with Gasteiger partial charge in [0.05, 0.1) is 21.0 Å². The van der Waals surface area contributed by atoms with Gasteiger partial charge in [0.15, 0.2) is 5.82 Å². The number of nitrogen functional groups attached to an aromatic ring is 1. The molecule has 9 heteroatoms. The SMILES string of the molecule is Cn1c(I)c(-c2ncc(N=S3CCCCC3)cc2F)c2c(N)ncnc21. The van der Waals surface area contributed by atoms with Gasteiger partial charge in [-0.05, 0) is 35.4 Å². The second-order valence-electron chi connectivity index (χ2n) is 6.23. The Morgan fingerprint density at radius 1 is 1.23 bits per heavy atom. The van der Waals surface area contributed by atoms with Crippen molar-refractivity contribution in [1.82, 2.24) is 19.5 Å². The van der Waals surface area contributed by atoms with Crippen molar-refractivity contribution in [3.63, 3.8) is 0 Å². The quantitative estimate of drug-likeness (QED) is 0.559. The lowest BCUT2D eigenvalue weighted by Gasteiger charge is -2.13. The van der Waals surface area contributed by atoms with E-state index in [1.165, 1.54) is 31.7 Å². The molecule has 1 fully saturated rings. The fourth-order valence-electron chi connectivity index (χ4n) is 3.18. The fraction of sp³-hybridized carbons (Fsp3) is 0.353. The highest BCUT2D eigenvalue weighted by Crippen LogP contribution is 2.37. The first-order valence-corrected chi connectivity index (χ1v) is 11.0. The Morgan fingerprint density at radius 2 is 2.00 bits per heavy atom. The van der Waals surface area contributed by atoms with Gasteiger partial charge in [-0.2, -0.15) is 0 Å². The maximum absolute atomic E-state index is 14.9.